The predicted molar refractivity (Wildman–Crippen MR) is 79.1 cm³/mol. The average molecular weight is 245 g/mol. The minimum absolute atomic E-state index is 0.469. The first-order valence-corrected chi connectivity index (χ1v) is 7.42. The molecule has 18 heavy (non-hydrogen) atoms. The summed E-state index contributed by atoms with van der Waals surface area (Å²) in [6.07, 6.45) is 6.90. The minimum atomic E-state index is 0.469. The summed E-state index contributed by atoms with van der Waals surface area (Å²) in [6.45, 7) is 6.80. The maximum atomic E-state index is 2.44. The number of hydrogen-bond acceptors (Lipinski definition) is 1. The average Bonchev–Trinajstić information content (AvgIpc) is 2.87. The number of nitrogens with zero attached hydrogens (tertiary/aromatic N) is 1. The molecule has 1 aliphatic carbocycles. The van der Waals surface area contributed by atoms with Gasteiger partial charge in [0.2, 0.25) is 0 Å². The Morgan fingerprint density at radius 2 is 1.72 bits per heavy atom. The van der Waals surface area contributed by atoms with E-state index < -0.39 is 0 Å². The number of aryl methyl sites for hydroxylation is 1. The van der Waals surface area contributed by atoms with E-state index in [2.05, 4.69) is 50.1 Å². The van der Waals surface area contributed by atoms with Crippen molar-refractivity contribution in [2.75, 3.05) is 20.1 Å². The van der Waals surface area contributed by atoms with Crippen molar-refractivity contribution in [3.8, 4) is 0 Å². The molecule has 0 saturated heterocycles. The van der Waals surface area contributed by atoms with Crippen LogP contribution in [0.25, 0.3) is 0 Å². The van der Waals surface area contributed by atoms with Crippen LogP contribution in [0.5, 0.6) is 0 Å². The van der Waals surface area contributed by atoms with Crippen LogP contribution in [0, 0.1) is 6.92 Å². The van der Waals surface area contributed by atoms with Crippen LogP contribution in [-0.4, -0.2) is 25.0 Å². The fourth-order valence-electron chi connectivity index (χ4n) is 3.20. The minimum Gasteiger partial charge on any atom is -0.307 e. The van der Waals surface area contributed by atoms with Gasteiger partial charge in [-0.25, -0.2) is 0 Å². The monoisotopic (exact) mass is 245 g/mol. The number of hydrogen-bond donors (Lipinski definition) is 0. The summed E-state index contributed by atoms with van der Waals surface area (Å²) in [5.41, 5.74) is 3.42. The van der Waals surface area contributed by atoms with Crippen LogP contribution in [0.15, 0.2) is 24.3 Å². The maximum Gasteiger partial charge on any atom is -0.00134 e. The Labute approximate surface area is 112 Å². The highest BCUT2D eigenvalue weighted by Gasteiger charge is 2.35. The lowest BCUT2D eigenvalue weighted by Gasteiger charge is -2.31. The zero-order chi connectivity index (χ0) is 13.0. The molecule has 0 spiro atoms. The molecule has 2 rings (SSSR count). The first-order valence-electron chi connectivity index (χ1n) is 7.42. The molecule has 0 radical (unpaired) electrons. The largest absolute Gasteiger partial charge is 0.307 e. The normalized spacial score (nSPS) is 18.4. The molecule has 1 aromatic carbocycles. The van der Waals surface area contributed by atoms with Gasteiger partial charge >= 0.3 is 0 Å². The molecule has 1 heteroatoms. The van der Waals surface area contributed by atoms with Crippen LogP contribution in [0.4, 0.5) is 0 Å². The molecular weight excluding hydrogens is 218 g/mol. The molecule has 0 amide bonds. The van der Waals surface area contributed by atoms with Crippen molar-refractivity contribution in [2.45, 2.75) is 51.4 Å². The molecule has 0 aromatic heterocycles. The first kappa shape index (κ1) is 13.6. The third-order valence-electron chi connectivity index (χ3n) is 4.74. The van der Waals surface area contributed by atoms with E-state index in [4.69, 9.17) is 0 Å². The van der Waals surface area contributed by atoms with Gasteiger partial charge in [0, 0.05) is 0 Å². The molecule has 1 aromatic rings. The van der Waals surface area contributed by atoms with Crippen LogP contribution in [-0.2, 0) is 5.41 Å². The Balaban J connectivity index is 2.13. The Morgan fingerprint density at radius 1 is 1.11 bits per heavy atom. The fourth-order valence-corrected chi connectivity index (χ4v) is 3.20. The van der Waals surface area contributed by atoms with E-state index in [9.17, 15) is 0 Å². The van der Waals surface area contributed by atoms with E-state index in [1.54, 1.807) is 5.56 Å². The zero-order valence-electron chi connectivity index (χ0n) is 12.2. The molecule has 1 saturated carbocycles. The van der Waals surface area contributed by atoms with Crippen LogP contribution < -0.4 is 0 Å². The Bertz CT molecular complexity index is 360. The number of rotatable bonds is 5. The summed E-state index contributed by atoms with van der Waals surface area (Å²) >= 11 is 0. The van der Waals surface area contributed by atoms with Gasteiger partial charge in [0.05, 0.1) is 0 Å². The second kappa shape index (κ2) is 5.88. The Hall–Kier alpha value is -0.820. The van der Waals surface area contributed by atoms with Gasteiger partial charge in [-0.1, -0.05) is 49.6 Å². The summed E-state index contributed by atoms with van der Waals surface area (Å²) in [6, 6.07) is 9.29. The number of benzene rings is 1. The van der Waals surface area contributed by atoms with Gasteiger partial charge in [-0.05, 0) is 57.3 Å². The lowest BCUT2D eigenvalue weighted by molar-refractivity contribution is 0.288. The van der Waals surface area contributed by atoms with Crippen LogP contribution in [0.2, 0.25) is 0 Å². The van der Waals surface area contributed by atoms with E-state index >= 15 is 0 Å². The van der Waals surface area contributed by atoms with Gasteiger partial charge in [-0.2, -0.15) is 0 Å². The molecule has 100 valence electrons. The molecule has 0 aliphatic heterocycles. The SMILES string of the molecule is CCN(C)CCC1(c2ccc(C)cc2)CCCC1. The standard InChI is InChI=1S/C17H27N/c1-4-18(3)14-13-17(11-5-6-12-17)16-9-7-15(2)8-10-16/h7-10H,4-6,11-14H2,1-3H3. The van der Waals surface area contributed by atoms with Crippen molar-refractivity contribution in [2.24, 2.45) is 0 Å². The molecule has 1 fully saturated rings. The lowest BCUT2D eigenvalue weighted by Crippen LogP contribution is -2.29. The highest BCUT2D eigenvalue weighted by atomic mass is 15.1. The summed E-state index contributed by atoms with van der Waals surface area (Å²) in [4.78, 5) is 2.44. The third-order valence-corrected chi connectivity index (χ3v) is 4.74. The molecule has 0 N–H and O–H groups in total. The summed E-state index contributed by atoms with van der Waals surface area (Å²) < 4.78 is 0. The molecule has 1 nitrogen and oxygen atoms in total. The summed E-state index contributed by atoms with van der Waals surface area (Å²) in [5, 5.41) is 0. The predicted octanol–water partition coefficient (Wildman–Crippen LogP) is 4.15. The van der Waals surface area contributed by atoms with Gasteiger partial charge in [0.15, 0.2) is 0 Å². The van der Waals surface area contributed by atoms with Gasteiger partial charge in [0.1, 0.15) is 0 Å². The van der Waals surface area contributed by atoms with Crippen molar-refractivity contribution in [1.29, 1.82) is 0 Å². The Kier molecular flexibility index (Phi) is 4.45. The van der Waals surface area contributed by atoms with Crippen molar-refractivity contribution < 1.29 is 0 Å². The van der Waals surface area contributed by atoms with E-state index in [0.717, 1.165) is 6.54 Å². The fraction of sp³-hybridized carbons (Fsp3) is 0.647. The van der Waals surface area contributed by atoms with Gasteiger partial charge < -0.3 is 4.90 Å². The van der Waals surface area contributed by atoms with E-state index in [1.807, 2.05) is 0 Å². The topological polar surface area (TPSA) is 3.24 Å². The van der Waals surface area contributed by atoms with Crippen molar-refractivity contribution in [3.05, 3.63) is 35.4 Å². The van der Waals surface area contributed by atoms with E-state index in [0.29, 0.717) is 5.41 Å². The van der Waals surface area contributed by atoms with E-state index in [-0.39, 0.29) is 0 Å². The second-order valence-corrected chi connectivity index (χ2v) is 6.00. The quantitative estimate of drug-likeness (QED) is 0.753. The Morgan fingerprint density at radius 3 is 2.28 bits per heavy atom. The molecule has 0 heterocycles. The summed E-state index contributed by atoms with van der Waals surface area (Å²) in [7, 11) is 2.23. The van der Waals surface area contributed by atoms with Crippen LogP contribution >= 0.6 is 0 Å². The highest BCUT2D eigenvalue weighted by Crippen LogP contribution is 2.43. The molecule has 1 aliphatic rings. The molecular formula is C17H27N. The smallest absolute Gasteiger partial charge is 0.00134 e. The van der Waals surface area contributed by atoms with Crippen molar-refractivity contribution in [1.82, 2.24) is 4.90 Å². The first-order chi connectivity index (χ1) is 8.66. The molecule has 0 bridgehead atoms. The highest BCUT2D eigenvalue weighted by molar-refractivity contribution is 5.29. The van der Waals surface area contributed by atoms with Crippen LogP contribution in [0.3, 0.4) is 0 Å². The third kappa shape index (κ3) is 2.95. The van der Waals surface area contributed by atoms with Gasteiger partial charge in [-0.15, -0.1) is 0 Å². The molecule has 0 unspecified atom stereocenters. The lowest BCUT2D eigenvalue weighted by atomic mass is 9.76. The second-order valence-electron chi connectivity index (χ2n) is 6.00. The zero-order valence-corrected chi connectivity index (χ0v) is 12.2. The molecule has 0 atom stereocenters. The van der Waals surface area contributed by atoms with Gasteiger partial charge in [0.25, 0.3) is 0 Å². The van der Waals surface area contributed by atoms with Crippen molar-refractivity contribution in [3.63, 3.8) is 0 Å². The van der Waals surface area contributed by atoms with Crippen molar-refractivity contribution >= 4 is 0 Å². The van der Waals surface area contributed by atoms with Gasteiger partial charge in [-0.3, -0.25) is 0 Å². The maximum absolute atomic E-state index is 2.44. The summed E-state index contributed by atoms with van der Waals surface area (Å²) in [5.74, 6) is 0. The van der Waals surface area contributed by atoms with E-state index in [1.165, 1.54) is 44.2 Å². The van der Waals surface area contributed by atoms with Crippen LogP contribution in [0.1, 0.15) is 50.2 Å².